The molecule has 0 spiro atoms. The van der Waals surface area contributed by atoms with E-state index in [1.165, 1.54) is 0 Å². The van der Waals surface area contributed by atoms with Gasteiger partial charge in [-0.1, -0.05) is 25.5 Å². The van der Waals surface area contributed by atoms with Gasteiger partial charge in [-0.05, 0) is 30.7 Å². The van der Waals surface area contributed by atoms with E-state index in [0.717, 1.165) is 25.1 Å². The molecule has 0 atom stereocenters. The lowest BCUT2D eigenvalue weighted by Gasteiger charge is -2.19. The number of carbonyl (C=O) groups is 1. The van der Waals surface area contributed by atoms with E-state index in [0.29, 0.717) is 17.1 Å². The summed E-state index contributed by atoms with van der Waals surface area (Å²) < 4.78 is 5.33. The van der Waals surface area contributed by atoms with Crippen LogP contribution in [0.5, 0.6) is 5.75 Å². The van der Waals surface area contributed by atoms with Crippen LogP contribution in [0.3, 0.4) is 0 Å². The Morgan fingerprint density at radius 1 is 1.26 bits per heavy atom. The molecular formula is C18H23N3O2. The van der Waals surface area contributed by atoms with Crippen LogP contribution >= 0.6 is 0 Å². The van der Waals surface area contributed by atoms with E-state index in [2.05, 4.69) is 17.2 Å². The summed E-state index contributed by atoms with van der Waals surface area (Å²) in [5, 5.41) is 3.20. The van der Waals surface area contributed by atoms with Gasteiger partial charge < -0.3 is 15.0 Å². The molecule has 0 aliphatic heterocycles. The summed E-state index contributed by atoms with van der Waals surface area (Å²) in [5.74, 6) is 1.20. The van der Waals surface area contributed by atoms with E-state index in [1.54, 1.807) is 30.3 Å². The van der Waals surface area contributed by atoms with Gasteiger partial charge in [0, 0.05) is 19.8 Å². The van der Waals surface area contributed by atoms with Crippen molar-refractivity contribution < 1.29 is 9.53 Å². The molecule has 5 nitrogen and oxygen atoms in total. The minimum atomic E-state index is -0.0380. The van der Waals surface area contributed by atoms with E-state index in [-0.39, 0.29) is 5.91 Å². The zero-order valence-corrected chi connectivity index (χ0v) is 13.9. The number of ether oxygens (including phenoxy) is 1. The molecule has 0 aliphatic carbocycles. The number of carbonyl (C=O) groups excluding carboxylic acids is 1. The maximum Gasteiger partial charge on any atom is 0.257 e. The van der Waals surface area contributed by atoms with Crippen molar-refractivity contribution in [2.24, 2.45) is 0 Å². The van der Waals surface area contributed by atoms with Crippen LogP contribution in [-0.4, -0.2) is 36.5 Å². The number of benzene rings is 1. The Morgan fingerprint density at radius 3 is 2.78 bits per heavy atom. The number of nitrogens with one attached hydrogen (secondary N) is 1. The third-order valence-corrected chi connectivity index (χ3v) is 3.59. The van der Waals surface area contributed by atoms with Crippen LogP contribution in [0, 0.1) is 0 Å². The lowest BCUT2D eigenvalue weighted by atomic mass is 10.2. The van der Waals surface area contributed by atoms with Crippen LogP contribution < -0.4 is 10.1 Å². The van der Waals surface area contributed by atoms with Gasteiger partial charge in [0.15, 0.2) is 0 Å². The number of nitrogens with zero attached hydrogens (tertiary/aromatic N) is 2. The molecular weight excluding hydrogens is 290 g/mol. The van der Waals surface area contributed by atoms with Crippen molar-refractivity contribution >= 4 is 17.4 Å². The molecule has 0 unspecified atom stereocenters. The number of pyridine rings is 1. The van der Waals surface area contributed by atoms with Gasteiger partial charge in [0.1, 0.15) is 11.6 Å². The standard InChI is InChI=1S/C18H23N3O2/c1-4-5-13-21(2)18(22)14-9-8-12-19-17(14)20-15-10-6-7-11-16(15)23-3/h6-12H,4-5,13H2,1-3H3,(H,19,20). The first-order chi connectivity index (χ1) is 11.2. The van der Waals surface area contributed by atoms with Crippen molar-refractivity contribution in [1.29, 1.82) is 0 Å². The van der Waals surface area contributed by atoms with Crippen molar-refractivity contribution in [3.8, 4) is 5.75 Å². The number of amides is 1. The second kappa shape index (κ2) is 8.17. The third-order valence-electron chi connectivity index (χ3n) is 3.59. The monoisotopic (exact) mass is 313 g/mol. The van der Waals surface area contributed by atoms with Gasteiger partial charge in [0.05, 0.1) is 18.4 Å². The molecule has 0 saturated carbocycles. The summed E-state index contributed by atoms with van der Waals surface area (Å²) in [6.07, 6.45) is 3.70. The predicted molar refractivity (Wildman–Crippen MR) is 92.4 cm³/mol. The fourth-order valence-electron chi connectivity index (χ4n) is 2.26. The average Bonchev–Trinajstić information content (AvgIpc) is 2.60. The molecule has 2 rings (SSSR count). The minimum absolute atomic E-state index is 0.0380. The van der Waals surface area contributed by atoms with Crippen molar-refractivity contribution in [3.63, 3.8) is 0 Å². The molecule has 122 valence electrons. The number of hydrogen-bond donors (Lipinski definition) is 1. The number of rotatable bonds is 7. The summed E-state index contributed by atoms with van der Waals surface area (Å²) in [7, 11) is 3.43. The number of hydrogen-bond acceptors (Lipinski definition) is 4. The molecule has 0 radical (unpaired) electrons. The molecule has 5 heteroatoms. The molecule has 1 aromatic carbocycles. The van der Waals surface area contributed by atoms with E-state index >= 15 is 0 Å². The number of aromatic nitrogens is 1. The smallest absolute Gasteiger partial charge is 0.257 e. The van der Waals surface area contributed by atoms with Gasteiger partial charge in [-0.2, -0.15) is 0 Å². The molecule has 0 aliphatic rings. The zero-order chi connectivity index (χ0) is 16.7. The summed E-state index contributed by atoms with van der Waals surface area (Å²) >= 11 is 0. The second-order valence-electron chi connectivity index (χ2n) is 5.31. The lowest BCUT2D eigenvalue weighted by Crippen LogP contribution is -2.28. The van der Waals surface area contributed by atoms with Crippen LogP contribution in [-0.2, 0) is 0 Å². The quantitative estimate of drug-likeness (QED) is 0.846. The number of methoxy groups -OCH3 is 1. The summed E-state index contributed by atoms with van der Waals surface area (Å²) in [4.78, 5) is 18.7. The molecule has 2 aromatic rings. The van der Waals surface area contributed by atoms with Gasteiger partial charge in [-0.15, -0.1) is 0 Å². The first kappa shape index (κ1) is 16.8. The molecule has 1 aromatic heterocycles. The highest BCUT2D eigenvalue weighted by Gasteiger charge is 2.17. The number of unbranched alkanes of at least 4 members (excludes halogenated alkanes) is 1. The fraction of sp³-hybridized carbons (Fsp3) is 0.333. The van der Waals surface area contributed by atoms with Crippen molar-refractivity contribution in [1.82, 2.24) is 9.88 Å². The Hall–Kier alpha value is -2.56. The third kappa shape index (κ3) is 4.22. The van der Waals surface area contributed by atoms with Crippen LogP contribution in [0.15, 0.2) is 42.6 Å². The van der Waals surface area contributed by atoms with Crippen LogP contribution in [0.25, 0.3) is 0 Å². The van der Waals surface area contributed by atoms with Gasteiger partial charge in [0.25, 0.3) is 5.91 Å². The van der Waals surface area contributed by atoms with Gasteiger partial charge >= 0.3 is 0 Å². The highest BCUT2D eigenvalue weighted by molar-refractivity contribution is 5.99. The lowest BCUT2D eigenvalue weighted by molar-refractivity contribution is 0.0794. The predicted octanol–water partition coefficient (Wildman–Crippen LogP) is 3.71. The Bertz CT molecular complexity index is 658. The maximum absolute atomic E-state index is 12.6. The normalized spacial score (nSPS) is 10.2. The Kier molecular flexibility index (Phi) is 5.97. The number of para-hydroxylation sites is 2. The molecule has 1 N–H and O–H groups in total. The van der Waals surface area contributed by atoms with Crippen molar-refractivity contribution in [2.75, 3.05) is 26.0 Å². The Labute approximate surface area is 137 Å². The minimum Gasteiger partial charge on any atom is -0.495 e. The highest BCUT2D eigenvalue weighted by Crippen LogP contribution is 2.27. The molecule has 0 fully saturated rings. The molecule has 0 saturated heterocycles. The highest BCUT2D eigenvalue weighted by atomic mass is 16.5. The SMILES string of the molecule is CCCCN(C)C(=O)c1cccnc1Nc1ccccc1OC. The zero-order valence-electron chi connectivity index (χ0n) is 13.9. The van der Waals surface area contributed by atoms with Gasteiger partial charge in [-0.3, -0.25) is 4.79 Å². The molecule has 0 bridgehead atoms. The average molecular weight is 313 g/mol. The first-order valence-corrected chi connectivity index (χ1v) is 7.78. The van der Waals surface area contributed by atoms with Crippen LogP contribution in [0.2, 0.25) is 0 Å². The summed E-state index contributed by atoms with van der Waals surface area (Å²) in [6.45, 7) is 2.84. The molecule has 23 heavy (non-hydrogen) atoms. The Morgan fingerprint density at radius 2 is 2.04 bits per heavy atom. The van der Waals surface area contributed by atoms with E-state index in [9.17, 15) is 4.79 Å². The first-order valence-electron chi connectivity index (χ1n) is 7.78. The van der Waals surface area contributed by atoms with Crippen LogP contribution in [0.1, 0.15) is 30.1 Å². The fourth-order valence-corrected chi connectivity index (χ4v) is 2.26. The summed E-state index contributed by atoms with van der Waals surface area (Å²) in [6, 6.07) is 11.1. The Balaban J connectivity index is 2.25. The summed E-state index contributed by atoms with van der Waals surface area (Å²) in [5.41, 5.74) is 1.33. The van der Waals surface area contributed by atoms with Crippen LogP contribution in [0.4, 0.5) is 11.5 Å². The van der Waals surface area contributed by atoms with Crippen molar-refractivity contribution in [3.05, 3.63) is 48.2 Å². The van der Waals surface area contributed by atoms with Gasteiger partial charge in [0.2, 0.25) is 0 Å². The largest absolute Gasteiger partial charge is 0.495 e. The van der Waals surface area contributed by atoms with E-state index in [4.69, 9.17) is 4.74 Å². The topological polar surface area (TPSA) is 54.5 Å². The molecule has 1 heterocycles. The molecule has 1 amide bonds. The van der Waals surface area contributed by atoms with E-state index < -0.39 is 0 Å². The van der Waals surface area contributed by atoms with Gasteiger partial charge in [-0.25, -0.2) is 4.98 Å². The van der Waals surface area contributed by atoms with E-state index in [1.807, 2.05) is 31.3 Å². The maximum atomic E-state index is 12.6. The number of anilines is 2. The van der Waals surface area contributed by atoms with Crippen molar-refractivity contribution in [2.45, 2.75) is 19.8 Å². The second-order valence-corrected chi connectivity index (χ2v) is 5.31.